The minimum Gasteiger partial charge on any atom is -0.385 e. The number of anilines is 1. The lowest BCUT2D eigenvalue weighted by atomic mass is 10.1. The zero-order valence-corrected chi connectivity index (χ0v) is 6.39. The summed E-state index contributed by atoms with van der Waals surface area (Å²) in [7, 11) is 0. The molecule has 3 N–H and O–H groups in total. The zero-order valence-electron chi connectivity index (χ0n) is 6.39. The monoisotopic (exact) mass is 146 g/mol. The second-order valence-corrected chi connectivity index (χ2v) is 2.74. The summed E-state index contributed by atoms with van der Waals surface area (Å²) in [6, 6.07) is 6.18. The average Bonchev–Trinajstić information content (AvgIpc) is 2.34. The highest BCUT2D eigenvalue weighted by Gasteiger charge is 2.08. The standard InChI is InChI=1S/C9H10N2/c1-6-2-3-7-4-5-11-9(10)8(6)7/h2-5,11H,10H2,1H3. The van der Waals surface area contributed by atoms with Crippen LogP contribution in [0.2, 0.25) is 0 Å². The van der Waals surface area contributed by atoms with E-state index in [1.165, 1.54) is 11.1 Å². The molecule has 0 aromatic rings. The van der Waals surface area contributed by atoms with Gasteiger partial charge in [-0.25, -0.2) is 0 Å². The summed E-state index contributed by atoms with van der Waals surface area (Å²) < 4.78 is 0. The first-order valence-electron chi connectivity index (χ1n) is 3.61. The van der Waals surface area contributed by atoms with Crippen molar-refractivity contribution >= 4 is 5.82 Å². The Balaban J connectivity index is 2.82. The maximum absolute atomic E-state index is 5.75. The van der Waals surface area contributed by atoms with E-state index in [0.29, 0.717) is 0 Å². The minimum absolute atomic E-state index is 0.755. The number of aromatic nitrogens is 1. The largest absolute Gasteiger partial charge is 0.385 e. The summed E-state index contributed by atoms with van der Waals surface area (Å²) in [6.45, 7) is 2.06. The van der Waals surface area contributed by atoms with Gasteiger partial charge in [0.15, 0.2) is 0 Å². The van der Waals surface area contributed by atoms with E-state index in [-0.39, 0.29) is 0 Å². The van der Waals surface area contributed by atoms with Gasteiger partial charge in [0.25, 0.3) is 0 Å². The molecule has 0 amide bonds. The van der Waals surface area contributed by atoms with Gasteiger partial charge in [0.1, 0.15) is 5.82 Å². The lowest BCUT2D eigenvalue weighted by Gasteiger charge is -2.03. The van der Waals surface area contributed by atoms with Crippen LogP contribution in [0.5, 0.6) is 0 Å². The molecule has 0 atom stereocenters. The number of fused-ring (bicyclic) bond motifs is 1. The number of hydrogen-bond acceptors (Lipinski definition) is 1. The highest BCUT2D eigenvalue weighted by Crippen LogP contribution is 2.30. The molecule has 0 saturated carbocycles. The van der Waals surface area contributed by atoms with Crippen molar-refractivity contribution in [2.24, 2.45) is 0 Å². The van der Waals surface area contributed by atoms with Gasteiger partial charge in [0.2, 0.25) is 0 Å². The van der Waals surface area contributed by atoms with E-state index in [1.54, 1.807) is 0 Å². The van der Waals surface area contributed by atoms with E-state index in [0.717, 1.165) is 11.4 Å². The first-order chi connectivity index (χ1) is 5.29. The van der Waals surface area contributed by atoms with Crippen LogP contribution in [0.25, 0.3) is 11.1 Å². The van der Waals surface area contributed by atoms with Crippen LogP contribution in [-0.2, 0) is 0 Å². The molecule has 0 radical (unpaired) electrons. The smallest absolute Gasteiger partial charge is 0.108 e. The van der Waals surface area contributed by atoms with Crippen LogP contribution < -0.4 is 5.73 Å². The van der Waals surface area contributed by atoms with Crippen LogP contribution in [0.15, 0.2) is 24.4 Å². The first-order valence-corrected chi connectivity index (χ1v) is 3.61. The van der Waals surface area contributed by atoms with Crippen LogP contribution in [0.4, 0.5) is 5.82 Å². The molecule has 0 bridgehead atoms. The van der Waals surface area contributed by atoms with Crippen molar-refractivity contribution in [2.75, 3.05) is 5.73 Å². The average molecular weight is 146 g/mol. The molecule has 0 fully saturated rings. The third-order valence-electron chi connectivity index (χ3n) is 1.97. The van der Waals surface area contributed by atoms with Gasteiger partial charge in [-0.2, -0.15) is 0 Å². The first kappa shape index (κ1) is 6.28. The van der Waals surface area contributed by atoms with Gasteiger partial charge in [0.05, 0.1) is 0 Å². The maximum Gasteiger partial charge on any atom is 0.108 e. The fraction of sp³-hybridized carbons (Fsp3) is 0.111. The van der Waals surface area contributed by atoms with Crippen LogP contribution in [0.3, 0.4) is 0 Å². The highest BCUT2D eigenvalue weighted by molar-refractivity contribution is 5.79. The molecule has 56 valence electrons. The number of pyridine rings is 1. The molecule has 0 unspecified atom stereocenters. The second kappa shape index (κ2) is 2.02. The normalized spacial score (nSPS) is 10.6. The molecular formula is C9H10N2. The van der Waals surface area contributed by atoms with Crippen molar-refractivity contribution < 1.29 is 0 Å². The van der Waals surface area contributed by atoms with E-state index in [9.17, 15) is 0 Å². The number of aryl methyl sites for hydroxylation is 1. The Bertz CT molecular complexity index is 349. The molecule has 2 aliphatic rings. The molecule has 0 spiro atoms. The van der Waals surface area contributed by atoms with Crippen molar-refractivity contribution in [3.05, 3.63) is 30.0 Å². The fourth-order valence-corrected chi connectivity index (χ4v) is 1.41. The van der Waals surface area contributed by atoms with Gasteiger partial charge in [-0.15, -0.1) is 0 Å². The predicted molar refractivity (Wildman–Crippen MR) is 46.6 cm³/mol. The summed E-state index contributed by atoms with van der Waals surface area (Å²) in [5.41, 5.74) is 9.33. The number of nitrogen functional groups attached to an aromatic ring is 1. The van der Waals surface area contributed by atoms with E-state index < -0.39 is 0 Å². The summed E-state index contributed by atoms with van der Waals surface area (Å²) >= 11 is 0. The van der Waals surface area contributed by atoms with Crippen LogP contribution in [-0.4, -0.2) is 4.98 Å². The predicted octanol–water partition coefficient (Wildman–Crippen LogP) is 2.01. The number of aromatic amines is 1. The Morgan fingerprint density at radius 1 is 1.27 bits per heavy atom. The molecule has 2 rings (SSSR count). The van der Waals surface area contributed by atoms with Crippen LogP contribution in [0.1, 0.15) is 5.56 Å². The summed E-state index contributed by atoms with van der Waals surface area (Å²) in [6.07, 6.45) is 1.86. The minimum atomic E-state index is 0.755. The maximum atomic E-state index is 5.75. The molecule has 2 nitrogen and oxygen atoms in total. The third kappa shape index (κ3) is 0.792. The van der Waals surface area contributed by atoms with E-state index in [4.69, 9.17) is 5.73 Å². The lowest BCUT2D eigenvalue weighted by Crippen LogP contribution is -1.93. The number of rotatable bonds is 0. The van der Waals surface area contributed by atoms with Crippen LogP contribution in [0, 0.1) is 6.92 Å². The van der Waals surface area contributed by atoms with Gasteiger partial charge in [-0.1, -0.05) is 12.1 Å². The molecule has 1 aliphatic carbocycles. The van der Waals surface area contributed by atoms with Crippen LogP contribution >= 0.6 is 0 Å². The topological polar surface area (TPSA) is 41.8 Å². The Kier molecular flexibility index (Phi) is 1.15. The molecule has 2 heteroatoms. The van der Waals surface area contributed by atoms with Crippen molar-refractivity contribution in [1.82, 2.24) is 4.98 Å². The molecule has 11 heavy (non-hydrogen) atoms. The molecule has 1 heterocycles. The SMILES string of the molecule is Cc1ccc2cc[nH]c(N)c1-2. The Hall–Kier alpha value is -1.44. The van der Waals surface area contributed by atoms with E-state index >= 15 is 0 Å². The number of nitrogens with one attached hydrogen (secondary N) is 1. The zero-order chi connectivity index (χ0) is 7.84. The van der Waals surface area contributed by atoms with Gasteiger partial charge >= 0.3 is 0 Å². The summed E-state index contributed by atoms with van der Waals surface area (Å²) in [4.78, 5) is 2.98. The van der Waals surface area contributed by atoms with Crippen molar-refractivity contribution in [3.8, 4) is 11.1 Å². The fourth-order valence-electron chi connectivity index (χ4n) is 1.41. The van der Waals surface area contributed by atoms with E-state index in [1.807, 2.05) is 12.3 Å². The van der Waals surface area contributed by atoms with Gasteiger partial charge in [0, 0.05) is 11.8 Å². The number of H-pyrrole nitrogens is 1. The van der Waals surface area contributed by atoms with Crippen molar-refractivity contribution in [2.45, 2.75) is 6.92 Å². The number of hydrogen-bond donors (Lipinski definition) is 2. The molecule has 0 aromatic carbocycles. The third-order valence-corrected chi connectivity index (χ3v) is 1.97. The molecule has 0 aromatic heterocycles. The second-order valence-electron chi connectivity index (χ2n) is 2.74. The Morgan fingerprint density at radius 3 is 2.82 bits per heavy atom. The quantitative estimate of drug-likeness (QED) is 0.586. The van der Waals surface area contributed by atoms with Gasteiger partial charge in [-0.3, -0.25) is 0 Å². The van der Waals surface area contributed by atoms with E-state index in [2.05, 4.69) is 24.0 Å². The Labute approximate surface area is 65.4 Å². The van der Waals surface area contributed by atoms with Crippen molar-refractivity contribution in [3.63, 3.8) is 0 Å². The van der Waals surface area contributed by atoms with Gasteiger partial charge in [-0.05, 0) is 24.1 Å². The molecular weight excluding hydrogens is 136 g/mol. The summed E-state index contributed by atoms with van der Waals surface area (Å²) in [5.74, 6) is 0.755. The molecule has 1 aliphatic heterocycles. The lowest BCUT2D eigenvalue weighted by molar-refractivity contribution is 1.33. The van der Waals surface area contributed by atoms with Gasteiger partial charge < -0.3 is 10.7 Å². The van der Waals surface area contributed by atoms with Crippen molar-refractivity contribution in [1.29, 1.82) is 0 Å². The molecule has 0 saturated heterocycles. The Morgan fingerprint density at radius 2 is 2.09 bits per heavy atom. The number of nitrogens with two attached hydrogens (primary N) is 1. The summed E-state index contributed by atoms with van der Waals surface area (Å²) in [5, 5.41) is 0. The highest BCUT2D eigenvalue weighted by atomic mass is 14.8.